The second-order valence-corrected chi connectivity index (χ2v) is 1.49. The molecule has 0 amide bonds. The fraction of sp³-hybridized carbons (Fsp3) is 0.400. The maximum absolute atomic E-state index is 9.61. The summed E-state index contributed by atoms with van der Waals surface area (Å²) in [6.45, 7) is 1.74. The van der Waals surface area contributed by atoms with Gasteiger partial charge >= 0.3 is 0 Å². The van der Waals surface area contributed by atoms with Crippen LogP contribution in [0.1, 0.15) is 6.92 Å². The van der Waals surface area contributed by atoms with Gasteiger partial charge in [-0.1, -0.05) is 5.92 Å². The van der Waals surface area contributed by atoms with Gasteiger partial charge < -0.3 is 0 Å². The molecule has 2 heteroatoms. The number of rotatable bonds is 1. The summed E-state index contributed by atoms with van der Waals surface area (Å²) in [7, 11) is 0. The predicted molar refractivity (Wildman–Crippen MR) is 31.1 cm³/mol. The summed E-state index contributed by atoms with van der Waals surface area (Å²) in [5.74, 6) is 2.21. The van der Waals surface area contributed by atoms with Crippen molar-refractivity contribution in [2.24, 2.45) is 5.92 Å². The Bertz CT molecular complexity index is 128. The Balaban J connectivity index is 3.64. The average Bonchev–Trinajstić information content (AvgIpc) is 1.68. The number of hydrogen-bond acceptors (Lipinski definition) is 1. The van der Waals surface area contributed by atoms with Gasteiger partial charge in [-0.05, 0) is 6.92 Å². The summed E-state index contributed by atoms with van der Waals surface area (Å²) in [5, 5.41) is 2.42. The second-order valence-electron chi connectivity index (χ2n) is 1.09. The lowest BCUT2D eigenvalue weighted by molar-refractivity contribution is 0.701. The lowest BCUT2D eigenvalue weighted by atomic mass is 10.2. The van der Waals surface area contributed by atoms with E-state index in [4.69, 9.17) is 6.42 Å². The van der Waals surface area contributed by atoms with Crippen LogP contribution >= 0.6 is 0 Å². The van der Waals surface area contributed by atoms with E-state index in [2.05, 4.69) is 11.3 Å². The van der Waals surface area contributed by atoms with Gasteiger partial charge in [0, 0.05) is 0 Å². The molecular weight excluding hydrogens is 108 g/mol. The van der Waals surface area contributed by atoms with Crippen LogP contribution in [0.5, 0.6) is 0 Å². The van der Waals surface area contributed by atoms with Gasteiger partial charge in [0.05, 0.1) is 22.5 Å². The van der Waals surface area contributed by atoms with Crippen LogP contribution in [-0.4, -0.2) is 9.58 Å². The van der Waals surface area contributed by atoms with E-state index >= 15 is 0 Å². The Labute approximate surface area is 46.8 Å². The lowest BCUT2D eigenvalue weighted by Gasteiger charge is -1.81. The topological polar surface area (TPSA) is 17.1 Å². The Hall–Kier alpha value is -0.550. The molecule has 1 atom stereocenters. The van der Waals surface area contributed by atoms with Crippen LogP contribution in [0.25, 0.3) is 0 Å². The van der Waals surface area contributed by atoms with Crippen molar-refractivity contribution in [3.05, 3.63) is 0 Å². The monoisotopic (exact) mass is 113 g/mol. The second kappa shape index (κ2) is 3.63. The van der Waals surface area contributed by atoms with E-state index < -0.39 is 0 Å². The van der Waals surface area contributed by atoms with Crippen molar-refractivity contribution in [2.75, 3.05) is 0 Å². The lowest BCUT2D eigenvalue weighted by Crippen LogP contribution is -1.87. The molecule has 0 heterocycles. The molecule has 0 saturated heterocycles. The molecule has 0 spiro atoms. The van der Waals surface area contributed by atoms with Crippen LogP contribution in [-0.2, 0) is 11.3 Å². The maximum atomic E-state index is 9.61. The van der Waals surface area contributed by atoms with E-state index in [-0.39, 0.29) is 5.92 Å². The van der Waals surface area contributed by atoms with Crippen molar-refractivity contribution in [3.8, 4) is 12.3 Å². The van der Waals surface area contributed by atoms with Crippen LogP contribution < -0.4 is 0 Å². The van der Waals surface area contributed by atoms with Crippen LogP contribution in [0.15, 0.2) is 0 Å². The molecule has 0 saturated carbocycles. The van der Waals surface area contributed by atoms with Crippen LogP contribution in [0.2, 0.25) is 0 Å². The van der Waals surface area contributed by atoms with Gasteiger partial charge in [0.1, 0.15) is 0 Å². The van der Waals surface area contributed by atoms with Crippen molar-refractivity contribution >= 4 is 16.6 Å². The molecule has 0 aliphatic rings. The minimum atomic E-state index is -0.123. The molecule has 0 aliphatic heterocycles. The van der Waals surface area contributed by atoms with Crippen molar-refractivity contribution in [1.29, 1.82) is 0 Å². The largest absolute Gasteiger partial charge is 0.212 e. The molecule has 0 aromatic rings. The van der Waals surface area contributed by atoms with Crippen LogP contribution in [0, 0.1) is 18.3 Å². The fourth-order valence-corrected chi connectivity index (χ4v) is 0.319. The smallest absolute Gasteiger partial charge is 0.0946 e. The highest BCUT2D eigenvalue weighted by atomic mass is 32.1. The number of terminal acetylenes is 1. The molecule has 0 aliphatic carbocycles. The first kappa shape index (κ1) is 6.45. The molecular formula is C5H5OS. The van der Waals surface area contributed by atoms with Crippen molar-refractivity contribution in [2.45, 2.75) is 6.92 Å². The third-order valence-corrected chi connectivity index (χ3v) is 0.925. The zero-order valence-corrected chi connectivity index (χ0v) is 4.79. The summed E-state index contributed by atoms with van der Waals surface area (Å²) in [6.07, 6.45) is 4.89. The van der Waals surface area contributed by atoms with Gasteiger partial charge in [-0.2, -0.15) is 0 Å². The highest BCUT2D eigenvalue weighted by molar-refractivity contribution is 7.64. The normalized spacial score (nSPS) is 11.4. The molecule has 1 unspecified atom stereocenters. The first-order chi connectivity index (χ1) is 3.31. The van der Waals surface area contributed by atoms with Gasteiger partial charge in [-0.25, -0.2) is 4.21 Å². The van der Waals surface area contributed by atoms with E-state index in [1.165, 1.54) is 0 Å². The van der Waals surface area contributed by atoms with E-state index in [9.17, 15) is 4.21 Å². The van der Waals surface area contributed by atoms with Crippen LogP contribution in [0.4, 0.5) is 0 Å². The molecule has 1 nitrogen and oxygen atoms in total. The molecule has 0 aromatic heterocycles. The quantitative estimate of drug-likeness (QED) is 0.349. The van der Waals surface area contributed by atoms with Crippen LogP contribution in [0.3, 0.4) is 0 Å². The van der Waals surface area contributed by atoms with Crippen molar-refractivity contribution in [3.63, 3.8) is 0 Å². The van der Waals surface area contributed by atoms with Gasteiger partial charge in [-0.3, -0.25) is 0 Å². The Morgan fingerprint density at radius 1 is 1.86 bits per heavy atom. The fourth-order valence-electron chi connectivity index (χ4n) is 0.106. The molecule has 0 N–H and O–H groups in total. The predicted octanol–water partition coefficient (Wildman–Crippen LogP) is 0.148. The summed E-state index contributed by atoms with van der Waals surface area (Å²) < 4.78 is 9.61. The van der Waals surface area contributed by atoms with Gasteiger partial charge in [0.25, 0.3) is 0 Å². The summed E-state index contributed by atoms with van der Waals surface area (Å²) in [4.78, 5) is 0. The zero-order chi connectivity index (χ0) is 5.70. The Morgan fingerprint density at radius 2 is 2.43 bits per heavy atom. The minimum Gasteiger partial charge on any atom is -0.212 e. The molecule has 1 radical (unpaired) electrons. The van der Waals surface area contributed by atoms with E-state index in [1.807, 2.05) is 0 Å². The molecule has 0 aromatic carbocycles. The minimum absolute atomic E-state index is 0.123. The number of hydrogen-bond donors (Lipinski definition) is 0. The standard InChI is InChI=1S/C5H5OS/c1-3-5(2)4-7-6/h1,5H,2H3. The zero-order valence-electron chi connectivity index (χ0n) is 3.97. The highest BCUT2D eigenvalue weighted by Crippen LogP contribution is 1.80. The van der Waals surface area contributed by atoms with Crippen molar-refractivity contribution in [1.82, 2.24) is 0 Å². The van der Waals surface area contributed by atoms with E-state index in [1.54, 1.807) is 6.92 Å². The SMILES string of the molecule is C#CC(C)[C]=S=O. The van der Waals surface area contributed by atoms with E-state index in [0.29, 0.717) is 11.3 Å². The van der Waals surface area contributed by atoms with E-state index in [0.717, 1.165) is 0 Å². The summed E-state index contributed by atoms with van der Waals surface area (Å²) in [6, 6.07) is 0. The third kappa shape index (κ3) is 3.28. The van der Waals surface area contributed by atoms with Gasteiger partial charge in [0.15, 0.2) is 0 Å². The highest BCUT2D eigenvalue weighted by Gasteiger charge is 1.85. The average molecular weight is 113 g/mol. The molecule has 0 rings (SSSR count). The van der Waals surface area contributed by atoms with Crippen molar-refractivity contribution < 1.29 is 4.21 Å². The molecule has 7 heavy (non-hydrogen) atoms. The Morgan fingerprint density at radius 3 is 2.57 bits per heavy atom. The first-order valence-electron chi connectivity index (χ1n) is 1.81. The van der Waals surface area contributed by atoms with Gasteiger partial charge in [0.2, 0.25) is 0 Å². The Kier molecular flexibility index (Phi) is 3.35. The summed E-state index contributed by atoms with van der Waals surface area (Å²) in [5.41, 5.74) is 0. The third-order valence-electron chi connectivity index (χ3n) is 0.475. The summed E-state index contributed by atoms with van der Waals surface area (Å²) >= 11 is 0.292. The molecule has 0 bridgehead atoms. The first-order valence-corrected chi connectivity index (χ1v) is 2.56. The van der Waals surface area contributed by atoms with Gasteiger partial charge in [-0.15, -0.1) is 6.42 Å². The maximum Gasteiger partial charge on any atom is 0.0946 e. The molecule has 0 fully saturated rings. The molecule has 37 valence electrons.